The Morgan fingerprint density at radius 1 is 1.05 bits per heavy atom. The number of aromatic nitrogens is 2. The van der Waals surface area contributed by atoms with E-state index in [1.165, 1.54) is 7.05 Å². The highest BCUT2D eigenvalue weighted by Gasteiger charge is 2.45. The van der Waals surface area contributed by atoms with Crippen molar-refractivity contribution in [2.75, 3.05) is 6.61 Å². The van der Waals surface area contributed by atoms with Crippen LogP contribution in [0.3, 0.4) is 0 Å². The summed E-state index contributed by atoms with van der Waals surface area (Å²) >= 11 is 0. The molecule has 0 unspecified atom stereocenters. The maximum absolute atomic E-state index is 13.5. The van der Waals surface area contributed by atoms with Gasteiger partial charge in [0.25, 0.3) is 11.5 Å². The molecule has 0 bridgehead atoms. The Labute approximate surface area is 212 Å². The molecular formula is C23H35N3O11. The molecule has 37 heavy (non-hydrogen) atoms. The predicted octanol–water partition coefficient (Wildman–Crippen LogP) is -1.03. The van der Waals surface area contributed by atoms with Crippen molar-refractivity contribution >= 4 is 18.0 Å². The van der Waals surface area contributed by atoms with E-state index in [-0.39, 0.29) is 10.1 Å². The molecule has 1 aromatic heterocycles. The number of nitrogens with zero attached hydrogens (tertiary/aromatic N) is 2. The van der Waals surface area contributed by atoms with Gasteiger partial charge in [0.05, 0.1) is 18.6 Å². The molecule has 14 heteroatoms. The van der Waals surface area contributed by atoms with Crippen LogP contribution in [0.2, 0.25) is 0 Å². The maximum Gasteiger partial charge on any atom is 0.408 e. The minimum Gasteiger partial charge on any atom is -0.460 e. The number of aliphatic hydroxyl groups excluding tert-OH is 3. The second-order valence-corrected chi connectivity index (χ2v) is 10.7. The lowest BCUT2D eigenvalue weighted by molar-refractivity contribution is -0.155. The molecule has 2 heterocycles. The SMILES string of the molecule is Cn1cc([C@@H]2O[C@H](CO)[C@@H](O)[C@H]2O)c(=O)n(C(=O)[C@H](CC(=O)OC(C)(C)C)NC(=O)OC(C)(C)C)c1=O. The smallest absolute Gasteiger partial charge is 0.408 e. The van der Waals surface area contributed by atoms with Gasteiger partial charge in [-0.2, -0.15) is 4.57 Å². The average Bonchev–Trinajstić information content (AvgIpc) is 3.01. The van der Waals surface area contributed by atoms with Crippen molar-refractivity contribution in [3.05, 3.63) is 32.6 Å². The number of ether oxygens (including phenoxy) is 3. The van der Waals surface area contributed by atoms with Gasteiger partial charge in [0, 0.05) is 13.2 Å². The number of carbonyl (C=O) groups excluding carboxylic acids is 3. The van der Waals surface area contributed by atoms with Gasteiger partial charge < -0.3 is 39.4 Å². The molecule has 4 N–H and O–H groups in total. The summed E-state index contributed by atoms with van der Waals surface area (Å²) in [7, 11) is 1.22. The van der Waals surface area contributed by atoms with Crippen LogP contribution < -0.4 is 16.6 Å². The van der Waals surface area contributed by atoms with Crippen molar-refractivity contribution in [3.8, 4) is 0 Å². The van der Waals surface area contributed by atoms with Crippen LogP contribution in [-0.2, 0) is 26.1 Å². The summed E-state index contributed by atoms with van der Waals surface area (Å²) in [4.78, 5) is 64.5. The predicted molar refractivity (Wildman–Crippen MR) is 127 cm³/mol. The lowest BCUT2D eigenvalue weighted by Gasteiger charge is -2.25. The summed E-state index contributed by atoms with van der Waals surface area (Å²) in [6, 6.07) is -1.74. The highest BCUT2D eigenvalue weighted by molar-refractivity contribution is 5.91. The molecule has 0 saturated carbocycles. The number of amides is 1. The number of aryl methyl sites for hydroxylation is 1. The van der Waals surface area contributed by atoms with Crippen molar-refractivity contribution in [2.24, 2.45) is 7.05 Å². The summed E-state index contributed by atoms with van der Waals surface area (Å²) in [6.45, 7) is 8.83. The molecule has 1 aliphatic heterocycles. The first-order chi connectivity index (χ1) is 16.9. The molecule has 2 rings (SSSR count). The van der Waals surface area contributed by atoms with Crippen LogP contribution in [0.5, 0.6) is 0 Å². The fourth-order valence-corrected chi connectivity index (χ4v) is 3.59. The van der Waals surface area contributed by atoms with Crippen LogP contribution in [0, 0.1) is 0 Å². The first-order valence-corrected chi connectivity index (χ1v) is 11.6. The zero-order valence-electron chi connectivity index (χ0n) is 21.9. The van der Waals surface area contributed by atoms with Crippen LogP contribution in [0.25, 0.3) is 0 Å². The third-order valence-corrected chi connectivity index (χ3v) is 5.12. The third kappa shape index (κ3) is 7.47. The van der Waals surface area contributed by atoms with Crippen LogP contribution in [0.15, 0.2) is 15.8 Å². The highest BCUT2D eigenvalue weighted by Crippen LogP contribution is 2.31. The van der Waals surface area contributed by atoms with Gasteiger partial charge in [-0.1, -0.05) is 0 Å². The molecule has 5 atom stereocenters. The summed E-state index contributed by atoms with van der Waals surface area (Å²) in [5, 5.41) is 32.0. The van der Waals surface area contributed by atoms with Crippen molar-refractivity contribution < 1.29 is 43.9 Å². The van der Waals surface area contributed by atoms with Crippen LogP contribution in [0.1, 0.15) is 64.4 Å². The van der Waals surface area contributed by atoms with Gasteiger partial charge >= 0.3 is 17.8 Å². The largest absolute Gasteiger partial charge is 0.460 e. The number of alkyl carbamates (subject to hydrolysis) is 1. The molecule has 14 nitrogen and oxygen atoms in total. The van der Waals surface area contributed by atoms with E-state index in [0.717, 1.165) is 10.8 Å². The number of carbonyl (C=O) groups is 3. The number of esters is 1. The van der Waals surface area contributed by atoms with E-state index in [9.17, 15) is 39.3 Å². The standard InChI is InChI=1S/C23H35N3O11/c1-22(2,3)36-14(28)8-12(24-20(33)37-23(4,5)6)19(32)26-18(31)11(9-25(7)21(26)34)17-16(30)15(29)13(10-27)35-17/h9,12-13,15-17,27,29-30H,8,10H2,1-7H3,(H,24,33)/t12-,13+,15+,16+,17-/m0/s1. The van der Waals surface area contributed by atoms with E-state index in [1.807, 2.05) is 0 Å². The summed E-state index contributed by atoms with van der Waals surface area (Å²) < 4.78 is 16.8. The van der Waals surface area contributed by atoms with Gasteiger partial charge in [0.2, 0.25) is 0 Å². The lowest BCUT2D eigenvalue weighted by Crippen LogP contribution is -2.54. The molecule has 1 amide bonds. The Morgan fingerprint density at radius 2 is 1.62 bits per heavy atom. The van der Waals surface area contributed by atoms with Gasteiger partial charge in [0.15, 0.2) is 0 Å². The maximum atomic E-state index is 13.5. The second kappa shape index (κ2) is 11.1. The lowest BCUT2D eigenvalue weighted by atomic mass is 10.0. The average molecular weight is 530 g/mol. The first kappa shape index (κ1) is 30.2. The Morgan fingerprint density at radius 3 is 2.11 bits per heavy atom. The van der Waals surface area contributed by atoms with Crippen molar-refractivity contribution in [3.63, 3.8) is 0 Å². The minimum atomic E-state index is -1.74. The van der Waals surface area contributed by atoms with E-state index in [2.05, 4.69) is 5.32 Å². The van der Waals surface area contributed by atoms with Crippen LogP contribution >= 0.6 is 0 Å². The molecule has 208 valence electrons. The van der Waals surface area contributed by atoms with Gasteiger partial charge in [-0.25, -0.2) is 9.59 Å². The summed E-state index contributed by atoms with van der Waals surface area (Å²) in [5.41, 5.74) is -4.57. The van der Waals surface area contributed by atoms with E-state index < -0.39 is 83.9 Å². The molecule has 0 aliphatic carbocycles. The minimum absolute atomic E-state index is 0.191. The Bertz CT molecular complexity index is 1110. The van der Waals surface area contributed by atoms with Crippen molar-refractivity contribution in [2.45, 2.75) is 89.6 Å². The molecule has 0 radical (unpaired) electrons. The zero-order chi connectivity index (χ0) is 28.5. The van der Waals surface area contributed by atoms with E-state index in [4.69, 9.17) is 14.2 Å². The second-order valence-electron chi connectivity index (χ2n) is 10.7. The quantitative estimate of drug-likeness (QED) is 0.329. The van der Waals surface area contributed by atoms with Gasteiger partial charge in [-0.15, -0.1) is 0 Å². The molecule has 1 aliphatic rings. The fraction of sp³-hybridized carbons (Fsp3) is 0.696. The van der Waals surface area contributed by atoms with Crippen molar-refractivity contribution in [1.29, 1.82) is 0 Å². The van der Waals surface area contributed by atoms with Gasteiger partial charge in [-0.05, 0) is 41.5 Å². The molecule has 0 aromatic carbocycles. The van der Waals surface area contributed by atoms with Crippen molar-refractivity contribution in [1.82, 2.24) is 14.5 Å². The van der Waals surface area contributed by atoms with Crippen LogP contribution in [0.4, 0.5) is 4.79 Å². The summed E-state index contributed by atoms with van der Waals surface area (Å²) in [5.74, 6) is -2.16. The van der Waals surface area contributed by atoms with E-state index in [0.29, 0.717) is 0 Å². The normalized spacial score (nSPS) is 22.9. The summed E-state index contributed by atoms with van der Waals surface area (Å²) in [6.07, 6.45) is -6.67. The van der Waals surface area contributed by atoms with Gasteiger partial charge in [0.1, 0.15) is 41.7 Å². The molecule has 0 spiro atoms. The Hall–Kier alpha value is -3.07. The Kier molecular flexibility index (Phi) is 9.07. The number of nitrogens with one attached hydrogen (secondary N) is 1. The Balaban J connectivity index is 2.54. The number of hydrogen-bond donors (Lipinski definition) is 4. The number of rotatable bonds is 6. The molecule has 1 saturated heterocycles. The molecular weight excluding hydrogens is 494 g/mol. The third-order valence-electron chi connectivity index (χ3n) is 5.12. The fourth-order valence-electron chi connectivity index (χ4n) is 3.59. The zero-order valence-corrected chi connectivity index (χ0v) is 21.9. The first-order valence-electron chi connectivity index (χ1n) is 11.6. The van der Waals surface area contributed by atoms with E-state index in [1.54, 1.807) is 41.5 Å². The number of hydrogen-bond acceptors (Lipinski definition) is 11. The highest BCUT2D eigenvalue weighted by atomic mass is 16.6. The molecule has 1 fully saturated rings. The molecule has 1 aromatic rings. The van der Waals surface area contributed by atoms with E-state index >= 15 is 0 Å². The van der Waals surface area contributed by atoms with Gasteiger partial charge in [-0.3, -0.25) is 14.4 Å². The topological polar surface area (TPSA) is 196 Å². The monoisotopic (exact) mass is 529 g/mol. The number of aliphatic hydroxyl groups is 3. The van der Waals surface area contributed by atoms with Crippen LogP contribution in [-0.4, -0.2) is 84.6 Å².